The van der Waals surface area contributed by atoms with Crippen LogP contribution in [0.4, 0.5) is 0 Å². The molecule has 80 valence electrons. The van der Waals surface area contributed by atoms with E-state index in [1.807, 2.05) is 12.4 Å². The summed E-state index contributed by atoms with van der Waals surface area (Å²) in [5.41, 5.74) is 0. The molecule has 0 spiro atoms. The second kappa shape index (κ2) is 5.81. The Bertz CT molecular complexity index is 253. The number of nitrogens with zero attached hydrogens (tertiary/aromatic N) is 2. The van der Waals surface area contributed by atoms with Gasteiger partial charge in [0.15, 0.2) is 0 Å². The van der Waals surface area contributed by atoms with Crippen molar-refractivity contribution in [3.63, 3.8) is 0 Å². The molecule has 14 heavy (non-hydrogen) atoms. The Morgan fingerprint density at radius 2 is 2.21 bits per heavy atom. The standard InChI is InChI=1S/C11H21N3/c1-10(2)12-7-5-4-6-11-13-8-9-14(11)3/h8-10,12H,4-7H2,1-3H3. The topological polar surface area (TPSA) is 29.9 Å². The Morgan fingerprint density at radius 1 is 1.43 bits per heavy atom. The lowest BCUT2D eigenvalue weighted by Crippen LogP contribution is -2.23. The van der Waals surface area contributed by atoms with Crippen LogP contribution in [0.1, 0.15) is 32.5 Å². The maximum Gasteiger partial charge on any atom is 0.108 e. The Labute approximate surface area is 86.5 Å². The minimum absolute atomic E-state index is 0.600. The molecule has 0 radical (unpaired) electrons. The van der Waals surface area contributed by atoms with Crippen molar-refractivity contribution in [2.75, 3.05) is 6.54 Å². The zero-order valence-electron chi connectivity index (χ0n) is 9.45. The van der Waals surface area contributed by atoms with E-state index in [-0.39, 0.29) is 0 Å². The fourth-order valence-electron chi connectivity index (χ4n) is 1.44. The van der Waals surface area contributed by atoms with Gasteiger partial charge in [0.2, 0.25) is 0 Å². The second-order valence-electron chi connectivity index (χ2n) is 4.02. The Hall–Kier alpha value is -0.830. The first-order valence-corrected chi connectivity index (χ1v) is 5.39. The highest BCUT2D eigenvalue weighted by Gasteiger charge is 1.98. The van der Waals surface area contributed by atoms with E-state index < -0.39 is 0 Å². The number of hydrogen-bond donors (Lipinski definition) is 1. The predicted octanol–water partition coefficient (Wildman–Crippen LogP) is 1.74. The minimum atomic E-state index is 0.600. The van der Waals surface area contributed by atoms with Crippen LogP contribution in [0.3, 0.4) is 0 Å². The minimum Gasteiger partial charge on any atom is -0.338 e. The van der Waals surface area contributed by atoms with Crippen LogP contribution in [0.5, 0.6) is 0 Å². The van der Waals surface area contributed by atoms with Gasteiger partial charge in [-0.05, 0) is 19.4 Å². The molecule has 1 aromatic heterocycles. The van der Waals surface area contributed by atoms with Crippen molar-refractivity contribution in [3.05, 3.63) is 18.2 Å². The second-order valence-corrected chi connectivity index (χ2v) is 4.02. The van der Waals surface area contributed by atoms with Gasteiger partial charge in [-0.1, -0.05) is 13.8 Å². The summed E-state index contributed by atoms with van der Waals surface area (Å²) in [5.74, 6) is 1.19. The van der Waals surface area contributed by atoms with Crippen molar-refractivity contribution >= 4 is 0 Å². The maximum atomic E-state index is 4.29. The van der Waals surface area contributed by atoms with Crippen molar-refractivity contribution < 1.29 is 0 Å². The first kappa shape index (κ1) is 11.2. The van der Waals surface area contributed by atoms with Crippen LogP contribution in [-0.2, 0) is 13.5 Å². The summed E-state index contributed by atoms with van der Waals surface area (Å²) in [4.78, 5) is 4.29. The van der Waals surface area contributed by atoms with Crippen LogP contribution in [-0.4, -0.2) is 22.1 Å². The van der Waals surface area contributed by atoms with Crippen LogP contribution >= 0.6 is 0 Å². The van der Waals surface area contributed by atoms with Crippen molar-refractivity contribution in [2.45, 2.75) is 39.2 Å². The predicted molar refractivity (Wildman–Crippen MR) is 59.3 cm³/mol. The largest absolute Gasteiger partial charge is 0.338 e. The van der Waals surface area contributed by atoms with Crippen molar-refractivity contribution in [1.82, 2.24) is 14.9 Å². The van der Waals surface area contributed by atoms with E-state index in [0.29, 0.717) is 6.04 Å². The molecule has 0 saturated heterocycles. The number of rotatable bonds is 6. The number of nitrogens with one attached hydrogen (secondary N) is 1. The summed E-state index contributed by atoms with van der Waals surface area (Å²) < 4.78 is 2.09. The quantitative estimate of drug-likeness (QED) is 0.701. The van der Waals surface area contributed by atoms with Crippen LogP contribution in [0.2, 0.25) is 0 Å². The van der Waals surface area contributed by atoms with E-state index in [9.17, 15) is 0 Å². The highest BCUT2D eigenvalue weighted by molar-refractivity contribution is 4.90. The van der Waals surface area contributed by atoms with Gasteiger partial charge in [0.1, 0.15) is 5.82 Å². The van der Waals surface area contributed by atoms with E-state index in [1.165, 1.54) is 18.7 Å². The smallest absolute Gasteiger partial charge is 0.108 e. The molecule has 0 atom stereocenters. The summed E-state index contributed by atoms with van der Waals surface area (Å²) in [5, 5.41) is 3.41. The molecule has 1 aromatic rings. The van der Waals surface area contributed by atoms with Gasteiger partial charge in [-0.15, -0.1) is 0 Å². The highest BCUT2D eigenvalue weighted by atomic mass is 15.0. The summed E-state index contributed by atoms with van der Waals surface area (Å²) in [6.07, 6.45) is 7.39. The molecule has 3 nitrogen and oxygen atoms in total. The van der Waals surface area contributed by atoms with E-state index in [0.717, 1.165) is 13.0 Å². The highest BCUT2D eigenvalue weighted by Crippen LogP contribution is 2.00. The molecule has 0 aliphatic heterocycles. The summed E-state index contributed by atoms with van der Waals surface area (Å²) in [6, 6.07) is 0.600. The van der Waals surface area contributed by atoms with Gasteiger partial charge in [-0.2, -0.15) is 0 Å². The fourth-order valence-corrected chi connectivity index (χ4v) is 1.44. The Kier molecular flexibility index (Phi) is 4.66. The third-order valence-electron chi connectivity index (χ3n) is 2.30. The van der Waals surface area contributed by atoms with Crippen LogP contribution in [0, 0.1) is 0 Å². The van der Waals surface area contributed by atoms with E-state index in [2.05, 4.69) is 35.8 Å². The monoisotopic (exact) mass is 195 g/mol. The van der Waals surface area contributed by atoms with Crippen LogP contribution in [0.15, 0.2) is 12.4 Å². The number of aryl methyl sites for hydroxylation is 2. The lowest BCUT2D eigenvalue weighted by Gasteiger charge is -2.07. The van der Waals surface area contributed by atoms with E-state index in [1.54, 1.807) is 0 Å². The van der Waals surface area contributed by atoms with Gasteiger partial charge in [0, 0.05) is 31.9 Å². The molecule has 3 heteroatoms. The summed E-state index contributed by atoms with van der Waals surface area (Å²) in [6.45, 7) is 5.47. The molecule has 1 heterocycles. The SMILES string of the molecule is CC(C)NCCCCc1nccn1C. The molecule has 0 aromatic carbocycles. The molecule has 0 aliphatic rings. The van der Waals surface area contributed by atoms with Crippen molar-refractivity contribution in [1.29, 1.82) is 0 Å². The zero-order chi connectivity index (χ0) is 10.4. The molecule has 0 amide bonds. The molecule has 1 N–H and O–H groups in total. The molecule has 0 aliphatic carbocycles. The Balaban J connectivity index is 2.08. The molecular formula is C11H21N3. The average Bonchev–Trinajstić information content (AvgIpc) is 2.51. The first-order chi connectivity index (χ1) is 6.70. The van der Waals surface area contributed by atoms with Crippen molar-refractivity contribution in [2.24, 2.45) is 7.05 Å². The van der Waals surface area contributed by atoms with Gasteiger partial charge in [-0.3, -0.25) is 0 Å². The van der Waals surface area contributed by atoms with Crippen molar-refractivity contribution in [3.8, 4) is 0 Å². The molecule has 0 fully saturated rings. The van der Waals surface area contributed by atoms with Gasteiger partial charge in [0.25, 0.3) is 0 Å². The average molecular weight is 195 g/mol. The molecule has 1 rings (SSSR count). The summed E-state index contributed by atoms with van der Waals surface area (Å²) in [7, 11) is 2.05. The lowest BCUT2D eigenvalue weighted by atomic mass is 10.2. The molecule has 0 bridgehead atoms. The number of unbranched alkanes of at least 4 members (excludes halogenated alkanes) is 1. The first-order valence-electron chi connectivity index (χ1n) is 5.39. The van der Waals surface area contributed by atoms with Crippen LogP contribution < -0.4 is 5.32 Å². The molecular weight excluding hydrogens is 174 g/mol. The van der Waals surface area contributed by atoms with E-state index >= 15 is 0 Å². The Morgan fingerprint density at radius 3 is 2.79 bits per heavy atom. The lowest BCUT2D eigenvalue weighted by molar-refractivity contribution is 0.552. The van der Waals surface area contributed by atoms with Gasteiger partial charge >= 0.3 is 0 Å². The van der Waals surface area contributed by atoms with Crippen LogP contribution in [0.25, 0.3) is 0 Å². The number of aromatic nitrogens is 2. The van der Waals surface area contributed by atoms with E-state index in [4.69, 9.17) is 0 Å². The molecule has 0 unspecified atom stereocenters. The maximum absolute atomic E-state index is 4.29. The third kappa shape index (κ3) is 3.92. The normalized spacial score (nSPS) is 11.1. The zero-order valence-corrected chi connectivity index (χ0v) is 9.45. The number of imidazole rings is 1. The third-order valence-corrected chi connectivity index (χ3v) is 2.30. The van der Waals surface area contributed by atoms with Gasteiger partial charge < -0.3 is 9.88 Å². The van der Waals surface area contributed by atoms with Gasteiger partial charge in [0.05, 0.1) is 0 Å². The van der Waals surface area contributed by atoms with Gasteiger partial charge in [-0.25, -0.2) is 4.98 Å². The number of hydrogen-bond acceptors (Lipinski definition) is 2. The fraction of sp³-hybridized carbons (Fsp3) is 0.727. The molecule has 0 saturated carbocycles. The summed E-state index contributed by atoms with van der Waals surface area (Å²) >= 11 is 0.